The molecule has 228 valence electrons. The molecule has 6 nitrogen and oxygen atoms in total. The van der Waals surface area contributed by atoms with Crippen LogP contribution in [0.25, 0.3) is 22.0 Å². The predicted molar refractivity (Wildman–Crippen MR) is 161 cm³/mol. The molecule has 1 aromatic heterocycles. The van der Waals surface area contributed by atoms with E-state index in [-0.39, 0.29) is 37.1 Å². The lowest BCUT2D eigenvalue weighted by Gasteiger charge is -2.35. The molecule has 5 rings (SSSR count). The molecule has 3 aromatic carbocycles. The number of alkyl halides is 3. The second-order valence-corrected chi connectivity index (χ2v) is 11.6. The number of fused-ring (bicyclic) bond motifs is 5. The zero-order valence-corrected chi connectivity index (χ0v) is 24.9. The molecule has 43 heavy (non-hydrogen) atoms. The Labute approximate surface area is 250 Å². The van der Waals surface area contributed by atoms with E-state index in [2.05, 4.69) is 0 Å². The number of para-hydroxylation sites is 1. The van der Waals surface area contributed by atoms with Gasteiger partial charge < -0.3 is 19.3 Å². The van der Waals surface area contributed by atoms with Gasteiger partial charge in [-0.3, -0.25) is 9.69 Å². The van der Waals surface area contributed by atoms with Crippen LogP contribution in [0.1, 0.15) is 41.0 Å². The van der Waals surface area contributed by atoms with Crippen LogP contribution in [-0.2, 0) is 31.1 Å². The van der Waals surface area contributed by atoms with Gasteiger partial charge in [-0.25, -0.2) is 0 Å². The van der Waals surface area contributed by atoms with Crippen LogP contribution in [0.4, 0.5) is 13.2 Å². The highest BCUT2D eigenvalue weighted by Gasteiger charge is 2.35. The van der Waals surface area contributed by atoms with Gasteiger partial charge in [0.25, 0.3) is 5.91 Å². The van der Waals surface area contributed by atoms with Crippen molar-refractivity contribution in [2.24, 2.45) is 13.0 Å². The molecule has 1 amide bonds. The van der Waals surface area contributed by atoms with E-state index >= 15 is 0 Å². The number of aryl methyl sites for hydroxylation is 1. The molecule has 0 bridgehead atoms. The number of hydrogen-bond acceptors (Lipinski definition) is 4. The normalized spacial score (nSPS) is 18.8. The van der Waals surface area contributed by atoms with E-state index in [9.17, 15) is 23.1 Å². The topological polar surface area (TPSA) is 57.9 Å². The summed E-state index contributed by atoms with van der Waals surface area (Å²) in [4.78, 5) is 18.0. The maximum atomic E-state index is 14.5. The molecule has 4 aromatic rings. The molecule has 2 heterocycles. The number of amides is 1. The second-order valence-electron chi connectivity index (χ2n) is 11.6. The highest BCUT2D eigenvalue weighted by atomic mass is 19.4. The third-order valence-electron chi connectivity index (χ3n) is 8.48. The van der Waals surface area contributed by atoms with Crippen LogP contribution in [0.3, 0.4) is 0 Å². The van der Waals surface area contributed by atoms with Gasteiger partial charge in [-0.15, -0.1) is 0 Å². The maximum absolute atomic E-state index is 14.5. The van der Waals surface area contributed by atoms with Gasteiger partial charge in [-0.2, -0.15) is 13.2 Å². The Kier molecular flexibility index (Phi) is 8.96. The first-order chi connectivity index (χ1) is 20.5. The number of aromatic nitrogens is 1. The van der Waals surface area contributed by atoms with Crippen LogP contribution in [0.15, 0.2) is 72.8 Å². The van der Waals surface area contributed by atoms with E-state index in [1.54, 1.807) is 18.0 Å². The van der Waals surface area contributed by atoms with Crippen molar-refractivity contribution in [3.8, 4) is 11.1 Å². The van der Waals surface area contributed by atoms with Gasteiger partial charge in [-0.05, 0) is 42.8 Å². The number of ether oxygens (including phenoxy) is 1. The Morgan fingerprint density at radius 3 is 2.47 bits per heavy atom. The summed E-state index contributed by atoms with van der Waals surface area (Å²) in [6, 6.07) is 20.9. The van der Waals surface area contributed by atoms with Gasteiger partial charge in [0.1, 0.15) is 5.69 Å². The molecule has 0 fully saturated rings. The number of hydrogen-bond donors (Lipinski definition) is 1. The van der Waals surface area contributed by atoms with E-state index in [1.165, 1.54) is 12.1 Å². The molecule has 1 N–H and O–H groups in total. The molecular formula is C34H38F3N3O3. The van der Waals surface area contributed by atoms with Crippen molar-refractivity contribution in [3.63, 3.8) is 0 Å². The molecule has 0 spiro atoms. The lowest BCUT2D eigenvalue weighted by Crippen LogP contribution is -2.47. The first-order valence-corrected chi connectivity index (χ1v) is 14.5. The van der Waals surface area contributed by atoms with Gasteiger partial charge in [-0.1, -0.05) is 67.6 Å². The van der Waals surface area contributed by atoms with Gasteiger partial charge >= 0.3 is 6.18 Å². The zero-order valence-electron chi connectivity index (χ0n) is 24.9. The van der Waals surface area contributed by atoms with Crippen molar-refractivity contribution in [1.29, 1.82) is 0 Å². The Balaban J connectivity index is 1.55. The van der Waals surface area contributed by atoms with E-state index in [0.717, 1.165) is 33.7 Å². The minimum Gasteiger partial charge on any atom is -0.394 e. The Morgan fingerprint density at radius 1 is 1.05 bits per heavy atom. The SMILES string of the molecule is C[C@H]1CN([C@@H](C)CO)C(=O)c2c(c3ccccc3n2C)-c2ccccc2CO[C@H]1CN(C)Cc1ccccc1C(F)(F)F. The van der Waals surface area contributed by atoms with Gasteiger partial charge in [0.05, 0.1) is 30.9 Å². The molecular weight excluding hydrogens is 555 g/mol. The van der Waals surface area contributed by atoms with E-state index in [1.807, 2.05) is 78.9 Å². The summed E-state index contributed by atoms with van der Waals surface area (Å²) < 4.78 is 49.5. The van der Waals surface area contributed by atoms with Crippen LogP contribution in [0, 0.1) is 5.92 Å². The van der Waals surface area contributed by atoms with E-state index in [4.69, 9.17) is 4.74 Å². The fraction of sp³-hybridized carbons (Fsp3) is 0.382. The zero-order chi connectivity index (χ0) is 30.9. The Morgan fingerprint density at radius 2 is 1.72 bits per heavy atom. The first-order valence-electron chi connectivity index (χ1n) is 14.5. The molecule has 0 saturated heterocycles. The highest BCUT2D eigenvalue weighted by Crippen LogP contribution is 2.38. The fourth-order valence-electron chi connectivity index (χ4n) is 6.12. The van der Waals surface area contributed by atoms with Gasteiger partial charge in [0.15, 0.2) is 0 Å². The number of rotatable bonds is 6. The minimum absolute atomic E-state index is 0.0893. The number of benzene rings is 3. The summed E-state index contributed by atoms with van der Waals surface area (Å²) in [6.07, 6.45) is -4.85. The van der Waals surface area contributed by atoms with Crippen molar-refractivity contribution < 1.29 is 27.8 Å². The average Bonchev–Trinajstić information content (AvgIpc) is 3.28. The molecule has 1 aliphatic rings. The monoisotopic (exact) mass is 593 g/mol. The summed E-state index contributed by atoms with van der Waals surface area (Å²) in [7, 11) is 3.67. The third kappa shape index (κ3) is 6.20. The summed E-state index contributed by atoms with van der Waals surface area (Å²) in [5, 5.41) is 11.1. The first kappa shape index (κ1) is 30.8. The second kappa shape index (κ2) is 12.5. The summed E-state index contributed by atoms with van der Waals surface area (Å²) in [5.41, 5.74) is 3.64. The van der Waals surface area contributed by atoms with Crippen molar-refractivity contribution in [1.82, 2.24) is 14.4 Å². The van der Waals surface area contributed by atoms with Gasteiger partial charge in [0, 0.05) is 49.1 Å². The van der Waals surface area contributed by atoms with Crippen LogP contribution in [0.2, 0.25) is 0 Å². The summed E-state index contributed by atoms with van der Waals surface area (Å²) in [5.74, 6) is -0.383. The van der Waals surface area contributed by atoms with Crippen molar-refractivity contribution >= 4 is 16.8 Å². The molecule has 3 atom stereocenters. The largest absolute Gasteiger partial charge is 0.416 e. The van der Waals surface area contributed by atoms with Crippen LogP contribution in [0.5, 0.6) is 0 Å². The number of likely N-dealkylation sites (N-methyl/N-ethyl adjacent to an activating group) is 1. The lowest BCUT2D eigenvalue weighted by molar-refractivity contribution is -0.138. The molecule has 0 saturated carbocycles. The van der Waals surface area contributed by atoms with E-state index in [0.29, 0.717) is 18.8 Å². The Hall–Kier alpha value is -3.66. The van der Waals surface area contributed by atoms with Crippen LogP contribution >= 0.6 is 0 Å². The molecule has 0 radical (unpaired) electrons. The van der Waals surface area contributed by atoms with Gasteiger partial charge in [0.2, 0.25) is 0 Å². The lowest BCUT2D eigenvalue weighted by atomic mass is 9.96. The quantitative estimate of drug-likeness (QED) is 0.283. The number of carbonyl (C=O) groups is 1. The maximum Gasteiger partial charge on any atom is 0.416 e. The number of halogens is 3. The van der Waals surface area contributed by atoms with Crippen molar-refractivity contribution in [2.75, 3.05) is 26.7 Å². The molecule has 0 unspecified atom stereocenters. The number of carbonyl (C=O) groups excluding carboxylic acids is 1. The number of aliphatic hydroxyl groups is 1. The van der Waals surface area contributed by atoms with Crippen LogP contribution < -0.4 is 0 Å². The Bertz CT molecular complexity index is 1600. The average molecular weight is 594 g/mol. The number of aliphatic hydroxyl groups excluding tert-OH is 1. The predicted octanol–water partition coefficient (Wildman–Crippen LogP) is 6.35. The summed E-state index contributed by atoms with van der Waals surface area (Å²) in [6.45, 7) is 4.59. The van der Waals surface area contributed by atoms with E-state index < -0.39 is 23.9 Å². The number of nitrogens with zero attached hydrogens (tertiary/aromatic N) is 3. The highest BCUT2D eigenvalue weighted by molar-refractivity contribution is 6.10. The molecule has 9 heteroatoms. The smallest absolute Gasteiger partial charge is 0.394 e. The molecule has 1 aliphatic heterocycles. The standard InChI is InChI=1S/C34H38F3N3O3/c1-22-17-40(23(2)20-41)33(42)32-31(27-14-8-10-16-29(27)39(32)4)26-13-7-5-12-25(26)21-43-30(22)19-38(3)18-24-11-6-9-15-28(24)34(35,36)37/h5-16,22-23,30,41H,17-21H2,1-4H3/t22-,23-,30-/m0/s1. The van der Waals surface area contributed by atoms with Crippen molar-refractivity contribution in [2.45, 2.75) is 45.3 Å². The molecule has 0 aliphatic carbocycles. The van der Waals surface area contributed by atoms with Crippen LogP contribution in [-0.4, -0.2) is 64.3 Å². The summed E-state index contributed by atoms with van der Waals surface area (Å²) >= 11 is 0. The third-order valence-corrected chi connectivity index (χ3v) is 8.48. The fourth-order valence-corrected chi connectivity index (χ4v) is 6.12. The minimum atomic E-state index is -4.44. The van der Waals surface area contributed by atoms with Crippen molar-refractivity contribution in [3.05, 3.63) is 95.2 Å².